The summed E-state index contributed by atoms with van der Waals surface area (Å²) in [7, 11) is 0. The maximum atomic E-state index is 12.5. The molecule has 0 aromatic heterocycles. The van der Waals surface area contributed by atoms with Gasteiger partial charge in [-0.3, -0.25) is 4.79 Å². The number of carbonyl (C=O) groups is 2. The average Bonchev–Trinajstić information content (AvgIpc) is 2.64. The molecule has 0 bridgehead atoms. The van der Waals surface area contributed by atoms with Crippen LogP contribution in [0.2, 0.25) is 0 Å². The number of hydrogen-bond acceptors (Lipinski definition) is 3. The zero-order chi connectivity index (χ0) is 18.1. The Morgan fingerprint density at radius 1 is 1.08 bits per heavy atom. The molecule has 1 spiro atoms. The number of rotatable bonds is 1. The van der Waals surface area contributed by atoms with Crippen LogP contribution in [-0.4, -0.2) is 35.4 Å². The third-order valence-electron chi connectivity index (χ3n) is 5.26. The number of para-hydroxylation sites is 1. The van der Waals surface area contributed by atoms with Crippen LogP contribution >= 0.6 is 0 Å². The fourth-order valence-corrected chi connectivity index (χ4v) is 3.68. The Hall–Kier alpha value is -2.82. The minimum Gasteiger partial charge on any atom is -0.486 e. The minimum atomic E-state index is -0.480. The summed E-state index contributed by atoms with van der Waals surface area (Å²) in [6.07, 6.45) is 1.71. The molecule has 2 aromatic carbocycles. The lowest BCUT2D eigenvalue weighted by Gasteiger charge is -2.43. The number of aryl methyl sites for hydroxylation is 1. The van der Waals surface area contributed by atoms with Crippen molar-refractivity contribution in [3.63, 3.8) is 0 Å². The standard InChI is InChI=1S/C21H22N2O3/c1-15-6-8-16(9-7-15)22-20(25)23-12-10-21(11-13-23)14-18(24)17-4-2-3-5-19(17)26-21/h2-9H,10-14H2,1H3,(H,22,25). The van der Waals surface area contributed by atoms with Crippen molar-refractivity contribution in [2.24, 2.45) is 0 Å². The van der Waals surface area contributed by atoms with Crippen LogP contribution in [-0.2, 0) is 0 Å². The number of benzene rings is 2. The van der Waals surface area contributed by atoms with Crippen LogP contribution in [0.5, 0.6) is 5.75 Å². The van der Waals surface area contributed by atoms with Gasteiger partial charge in [0.1, 0.15) is 11.4 Å². The Kier molecular flexibility index (Phi) is 4.15. The van der Waals surface area contributed by atoms with Gasteiger partial charge in [-0.25, -0.2) is 4.79 Å². The van der Waals surface area contributed by atoms with Crippen LogP contribution in [0.1, 0.15) is 35.2 Å². The highest BCUT2D eigenvalue weighted by Crippen LogP contribution is 2.39. The second-order valence-corrected chi connectivity index (χ2v) is 7.16. The molecule has 2 aromatic rings. The summed E-state index contributed by atoms with van der Waals surface area (Å²) in [6.45, 7) is 3.17. The largest absolute Gasteiger partial charge is 0.486 e. The smallest absolute Gasteiger partial charge is 0.321 e. The number of nitrogens with one attached hydrogen (secondary N) is 1. The summed E-state index contributed by atoms with van der Waals surface area (Å²) in [6, 6.07) is 15.0. The van der Waals surface area contributed by atoms with Crippen LogP contribution in [0, 0.1) is 6.92 Å². The van der Waals surface area contributed by atoms with Crippen molar-refractivity contribution in [1.29, 1.82) is 0 Å². The van der Waals surface area contributed by atoms with Gasteiger partial charge < -0.3 is 15.0 Å². The van der Waals surface area contributed by atoms with Gasteiger partial charge in [0.25, 0.3) is 0 Å². The minimum absolute atomic E-state index is 0.105. The van der Waals surface area contributed by atoms with Crippen molar-refractivity contribution in [3.8, 4) is 5.75 Å². The summed E-state index contributed by atoms with van der Waals surface area (Å²) in [5.74, 6) is 0.797. The van der Waals surface area contributed by atoms with Crippen molar-refractivity contribution in [3.05, 3.63) is 59.7 Å². The molecule has 2 amide bonds. The summed E-state index contributed by atoms with van der Waals surface area (Å²) < 4.78 is 6.21. The molecule has 0 aliphatic carbocycles. The first-order valence-electron chi connectivity index (χ1n) is 8.99. The molecule has 5 heteroatoms. The predicted molar refractivity (Wildman–Crippen MR) is 99.8 cm³/mol. The first-order valence-corrected chi connectivity index (χ1v) is 8.99. The maximum absolute atomic E-state index is 12.5. The van der Waals surface area contributed by atoms with Crippen LogP contribution in [0.25, 0.3) is 0 Å². The van der Waals surface area contributed by atoms with E-state index in [1.807, 2.05) is 55.5 Å². The van der Waals surface area contributed by atoms with Crippen LogP contribution < -0.4 is 10.1 Å². The highest BCUT2D eigenvalue weighted by Gasteiger charge is 2.43. The number of hydrogen-bond donors (Lipinski definition) is 1. The van der Waals surface area contributed by atoms with E-state index in [0.29, 0.717) is 43.7 Å². The number of ketones is 1. The molecule has 0 radical (unpaired) electrons. The zero-order valence-electron chi connectivity index (χ0n) is 14.8. The van der Waals surface area contributed by atoms with Crippen molar-refractivity contribution in [2.75, 3.05) is 18.4 Å². The molecule has 26 heavy (non-hydrogen) atoms. The van der Waals surface area contributed by atoms with Crippen LogP contribution in [0.3, 0.4) is 0 Å². The molecule has 134 valence electrons. The molecular formula is C21H22N2O3. The summed E-state index contributed by atoms with van der Waals surface area (Å²) in [4.78, 5) is 26.8. The molecule has 0 unspecified atom stereocenters. The predicted octanol–water partition coefficient (Wildman–Crippen LogP) is 4.03. The Morgan fingerprint density at radius 3 is 2.50 bits per heavy atom. The van der Waals surface area contributed by atoms with E-state index in [0.717, 1.165) is 11.3 Å². The number of Topliss-reactive ketones (excluding diaryl/α,β-unsaturated/α-hetero) is 1. The Bertz CT molecular complexity index is 837. The van der Waals surface area contributed by atoms with Gasteiger partial charge in [-0.05, 0) is 31.2 Å². The van der Waals surface area contributed by atoms with Crippen molar-refractivity contribution in [1.82, 2.24) is 4.90 Å². The number of amides is 2. The van der Waals surface area contributed by atoms with Gasteiger partial charge in [-0.2, -0.15) is 0 Å². The molecule has 5 nitrogen and oxygen atoms in total. The molecule has 1 N–H and O–H groups in total. The number of nitrogens with zero attached hydrogens (tertiary/aromatic N) is 1. The normalized spacial score (nSPS) is 18.2. The second kappa shape index (κ2) is 6.48. The molecule has 1 saturated heterocycles. The topological polar surface area (TPSA) is 58.6 Å². The third-order valence-corrected chi connectivity index (χ3v) is 5.26. The van der Waals surface area contributed by atoms with E-state index in [4.69, 9.17) is 4.74 Å². The Morgan fingerprint density at radius 2 is 1.77 bits per heavy atom. The SMILES string of the molecule is Cc1ccc(NC(=O)N2CCC3(CC2)CC(=O)c2ccccc2O3)cc1. The van der Waals surface area contributed by atoms with Gasteiger partial charge in [0.05, 0.1) is 12.0 Å². The van der Waals surface area contributed by atoms with Crippen LogP contribution in [0.15, 0.2) is 48.5 Å². The van der Waals surface area contributed by atoms with Crippen molar-refractivity contribution in [2.45, 2.75) is 31.8 Å². The maximum Gasteiger partial charge on any atom is 0.321 e. The number of urea groups is 1. The Labute approximate surface area is 153 Å². The highest BCUT2D eigenvalue weighted by atomic mass is 16.5. The summed E-state index contributed by atoms with van der Waals surface area (Å²) in [5.41, 5.74) is 2.13. The van der Waals surface area contributed by atoms with Gasteiger partial charge in [0.2, 0.25) is 0 Å². The van der Waals surface area contributed by atoms with E-state index in [1.54, 1.807) is 4.90 Å². The molecule has 2 aliphatic heterocycles. The lowest BCUT2D eigenvalue weighted by atomic mass is 9.82. The number of ether oxygens (including phenoxy) is 1. The van der Waals surface area contributed by atoms with E-state index in [-0.39, 0.29) is 11.8 Å². The lowest BCUT2D eigenvalue weighted by Crippen LogP contribution is -2.53. The fraction of sp³-hybridized carbons (Fsp3) is 0.333. The molecular weight excluding hydrogens is 328 g/mol. The number of carbonyl (C=O) groups excluding carboxylic acids is 2. The van der Waals surface area contributed by atoms with Gasteiger partial charge in [-0.1, -0.05) is 29.8 Å². The first-order chi connectivity index (χ1) is 12.5. The second-order valence-electron chi connectivity index (χ2n) is 7.16. The first kappa shape index (κ1) is 16.6. The molecule has 1 fully saturated rings. The molecule has 0 saturated carbocycles. The van der Waals surface area contributed by atoms with Crippen molar-refractivity contribution >= 4 is 17.5 Å². The summed E-state index contributed by atoms with van der Waals surface area (Å²) in [5, 5.41) is 2.93. The van der Waals surface area contributed by atoms with E-state index in [2.05, 4.69) is 5.32 Å². The fourth-order valence-electron chi connectivity index (χ4n) is 3.68. The molecule has 2 aliphatic rings. The van der Waals surface area contributed by atoms with Gasteiger partial charge >= 0.3 is 6.03 Å². The quantitative estimate of drug-likeness (QED) is 0.845. The monoisotopic (exact) mass is 350 g/mol. The van der Waals surface area contributed by atoms with E-state index < -0.39 is 5.60 Å². The van der Waals surface area contributed by atoms with Gasteiger partial charge in [0.15, 0.2) is 5.78 Å². The van der Waals surface area contributed by atoms with E-state index >= 15 is 0 Å². The number of anilines is 1. The number of piperidine rings is 1. The average molecular weight is 350 g/mol. The molecule has 0 atom stereocenters. The highest BCUT2D eigenvalue weighted by molar-refractivity contribution is 6.00. The number of likely N-dealkylation sites (tertiary alicyclic amines) is 1. The lowest BCUT2D eigenvalue weighted by molar-refractivity contribution is 0.000390. The zero-order valence-corrected chi connectivity index (χ0v) is 14.8. The van der Waals surface area contributed by atoms with Crippen molar-refractivity contribution < 1.29 is 14.3 Å². The van der Waals surface area contributed by atoms with E-state index in [1.165, 1.54) is 0 Å². The van der Waals surface area contributed by atoms with Gasteiger partial charge in [-0.15, -0.1) is 0 Å². The third kappa shape index (κ3) is 3.17. The summed E-state index contributed by atoms with van der Waals surface area (Å²) >= 11 is 0. The van der Waals surface area contributed by atoms with E-state index in [9.17, 15) is 9.59 Å². The molecule has 2 heterocycles. The van der Waals surface area contributed by atoms with Gasteiger partial charge in [0, 0.05) is 31.6 Å². The Balaban J connectivity index is 1.40. The number of fused-ring (bicyclic) bond motifs is 1. The molecule has 4 rings (SSSR count). The van der Waals surface area contributed by atoms with Crippen LogP contribution in [0.4, 0.5) is 10.5 Å².